The van der Waals surface area contributed by atoms with Crippen molar-refractivity contribution < 1.29 is 34.0 Å². The van der Waals surface area contributed by atoms with Gasteiger partial charge in [-0.1, -0.05) is 39.0 Å². The summed E-state index contributed by atoms with van der Waals surface area (Å²) >= 11 is 0. The summed E-state index contributed by atoms with van der Waals surface area (Å²) in [5.41, 5.74) is -3.49. The number of ether oxygens (including phenoxy) is 1. The highest BCUT2D eigenvalue weighted by Gasteiger charge is 2.76. The third kappa shape index (κ3) is 2.95. The fourth-order valence-electron chi connectivity index (χ4n) is 7.70. The van der Waals surface area contributed by atoms with Gasteiger partial charge in [0.2, 0.25) is 0 Å². The Kier molecular flexibility index (Phi) is 5.56. The number of nitrogens with one attached hydrogen (secondary N) is 1. The summed E-state index contributed by atoms with van der Waals surface area (Å²) in [4.78, 5) is 27.6. The van der Waals surface area contributed by atoms with Crippen molar-refractivity contribution in [2.75, 3.05) is 19.0 Å². The number of carbonyl (C=O) groups is 2. The summed E-state index contributed by atoms with van der Waals surface area (Å²) < 4.78 is 20.5. The summed E-state index contributed by atoms with van der Waals surface area (Å²) in [7, 11) is 1.54. The van der Waals surface area contributed by atoms with Gasteiger partial charge >= 0.3 is 5.97 Å². The van der Waals surface area contributed by atoms with Gasteiger partial charge < -0.3 is 25.4 Å². The van der Waals surface area contributed by atoms with E-state index in [1.165, 1.54) is 12.1 Å². The van der Waals surface area contributed by atoms with Crippen LogP contribution < -0.4 is 5.32 Å². The number of fused-ring (bicyclic) bond motifs is 3. The highest BCUT2D eigenvalue weighted by molar-refractivity contribution is 5.98. The molecule has 1 aromatic carbocycles. The number of hydrogen-bond acceptors (Lipinski definition) is 7. The van der Waals surface area contributed by atoms with Crippen LogP contribution in [0.3, 0.4) is 0 Å². The zero-order valence-corrected chi connectivity index (χ0v) is 21.2. The number of anilines is 1. The Hall–Kier alpha value is -2.55. The number of Topliss-reactive ketones (excluding diaryl/α,β-unsaturated/α-hetero) is 1. The van der Waals surface area contributed by atoms with Crippen LogP contribution in [0.1, 0.15) is 44.5 Å². The molecule has 8 heteroatoms. The molecule has 1 spiro atoms. The zero-order chi connectivity index (χ0) is 26.4. The Morgan fingerprint density at radius 2 is 2.00 bits per heavy atom. The van der Waals surface area contributed by atoms with Gasteiger partial charge in [-0.15, -0.1) is 0 Å². The summed E-state index contributed by atoms with van der Waals surface area (Å²) in [6, 6.07) is 4.11. The predicted octanol–water partition coefficient (Wildman–Crippen LogP) is 2.86. The van der Waals surface area contributed by atoms with Crippen LogP contribution in [0.5, 0.6) is 0 Å². The van der Waals surface area contributed by atoms with Crippen LogP contribution >= 0.6 is 0 Å². The van der Waals surface area contributed by atoms with Crippen molar-refractivity contribution in [3.63, 3.8) is 0 Å². The Labute approximate surface area is 210 Å². The Bertz CT molecular complexity index is 1210. The maximum atomic E-state index is 14.7. The number of rotatable bonds is 4. The molecule has 7 nitrogen and oxygen atoms in total. The molecule has 0 amide bonds. The zero-order valence-electron chi connectivity index (χ0n) is 21.2. The van der Waals surface area contributed by atoms with Gasteiger partial charge in [-0.05, 0) is 59.8 Å². The minimum Gasteiger partial charge on any atom is -0.451 e. The van der Waals surface area contributed by atoms with Crippen molar-refractivity contribution in [3.05, 3.63) is 52.9 Å². The molecule has 8 atom stereocenters. The van der Waals surface area contributed by atoms with Crippen molar-refractivity contribution in [2.45, 2.75) is 51.9 Å². The van der Waals surface area contributed by atoms with Crippen LogP contribution in [-0.4, -0.2) is 58.5 Å². The topological polar surface area (TPSA) is 116 Å². The lowest BCUT2D eigenvalue weighted by molar-refractivity contribution is -0.190. The number of aliphatic hydroxyl groups excluding tert-OH is 2. The average Bonchev–Trinajstić information content (AvgIpc) is 3.32. The van der Waals surface area contributed by atoms with E-state index in [9.17, 15) is 29.3 Å². The number of aliphatic hydroxyl groups is 3. The van der Waals surface area contributed by atoms with E-state index in [2.05, 4.69) is 19.2 Å². The standard InChI is InChI=1S/C28H34FNO6/c1-13-11-27-14(2)9-17-21(26(17,3)4)16(23(27)33)10-15(12-31)22(32)28(27,35)24(13)36-25(34)20-18(29)7-6-8-19(20)30-5/h6-8,10-11,14,16-17,21-22,24,30-32,35H,9,12H2,1-5H3/t14-,16+,17-,21?,22-,24+,27+,28+/m1/s1. The molecule has 1 aromatic rings. The minimum atomic E-state index is -2.27. The van der Waals surface area contributed by atoms with Crippen molar-refractivity contribution in [3.8, 4) is 0 Å². The molecule has 0 saturated heterocycles. The molecule has 0 aliphatic heterocycles. The average molecular weight is 500 g/mol. The number of carbonyl (C=O) groups excluding carboxylic acids is 2. The summed E-state index contributed by atoms with van der Waals surface area (Å²) in [6.45, 7) is 7.20. The van der Waals surface area contributed by atoms with Crippen LogP contribution in [0.2, 0.25) is 0 Å². The first-order valence-electron chi connectivity index (χ1n) is 12.5. The molecule has 1 unspecified atom stereocenters. The summed E-state index contributed by atoms with van der Waals surface area (Å²) in [5, 5.41) is 36.9. The van der Waals surface area contributed by atoms with Gasteiger partial charge in [-0.25, -0.2) is 9.18 Å². The highest BCUT2D eigenvalue weighted by Crippen LogP contribution is 2.71. The first-order valence-corrected chi connectivity index (χ1v) is 12.5. The van der Waals surface area contributed by atoms with E-state index < -0.39 is 47.5 Å². The molecule has 0 aromatic heterocycles. The quantitative estimate of drug-likeness (QED) is 0.372. The van der Waals surface area contributed by atoms with Gasteiger partial charge in [0.1, 0.15) is 17.5 Å². The second kappa shape index (κ2) is 7.97. The molecule has 2 fully saturated rings. The first-order chi connectivity index (χ1) is 16.9. The molecule has 2 bridgehead atoms. The van der Waals surface area contributed by atoms with E-state index in [1.807, 2.05) is 6.92 Å². The lowest BCUT2D eigenvalue weighted by Crippen LogP contribution is -2.65. The second-order valence-corrected chi connectivity index (χ2v) is 11.6. The predicted molar refractivity (Wildman–Crippen MR) is 131 cm³/mol. The number of ketones is 1. The third-order valence-electron chi connectivity index (χ3n) is 9.61. The number of halogens is 1. The van der Waals surface area contributed by atoms with Gasteiger partial charge in [0.15, 0.2) is 17.5 Å². The molecule has 194 valence electrons. The molecule has 4 N–H and O–H groups in total. The lowest BCUT2D eigenvalue weighted by Gasteiger charge is -2.48. The highest BCUT2D eigenvalue weighted by atomic mass is 19.1. The summed E-state index contributed by atoms with van der Waals surface area (Å²) in [6.07, 6.45) is 0.826. The maximum Gasteiger partial charge on any atom is 0.343 e. The minimum absolute atomic E-state index is 0.0230. The van der Waals surface area contributed by atoms with Gasteiger partial charge in [-0.2, -0.15) is 0 Å². The van der Waals surface area contributed by atoms with E-state index in [0.717, 1.165) is 6.07 Å². The molecule has 5 rings (SSSR count). The van der Waals surface area contributed by atoms with Crippen LogP contribution in [0, 0.1) is 40.3 Å². The van der Waals surface area contributed by atoms with Gasteiger partial charge in [0.25, 0.3) is 0 Å². The molecule has 0 heterocycles. The van der Waals surface area contributed by atoms with Gasteiger partial charge in [0, 0.05) is 13.0 Å². The number of allylic oxidation sites excluding steroid dienone is 1. The van der Waals surface area contributed by atoms with Crippen LogP contribution in [0.25, 0.3) is 0 Å². The maximum absolute atomic E-state index is 14.7. The van der Waals surface area contributed by atoms with Crippen molar-refractivity contribution >= 4 is 17.4 Å². The van der Waals surface area contributed by atoms with E-state index in [0.29, 0.717) is 12.0 Å². The van der Waals surface area contributed by atoms with Gasteiger partial charge in [-0.3, -0.25) is 4.79 Å². The molecule has 2 saturated carbocycles. The smallest absolute Gasteiger partial charge is 0.343 e. The largest absolute Gasteiger partial charge is 0.451 e. The van der Waals surface area contributed by atoms with Gasteiger partial charge in [0.05, 0.1) is 17.7 Å². The molecule has 36 heavy (non-hydrogen) atoms. The Morgan fingerprint density at radius 1 is 1.31 bits per heavy atom. The van der Waals surface area contributed by atoms with Crippen molar-refractivity contribution in [2.24, 2.45) is 34.5 Å². The van der Waals surface area contributed by atoms with Crippen LogP contribution in [0.15, 0.2) is 41.5 Å². The molecular weight excluding hydrogens is 465 g/mol. The Morgan fingerprint density at radius 3 is 2.64 bits per heavy atom. The van der Waals surface area contributed by atoms with Crippen molar-refractivity contribution in [1.29, 1.82) is 0 Å². The molecule has 4 aliphatic carbocycles. The van der Waals surface area contributed by atoms with Crippen LogP contribution in [0.4, 0.5) is 10.1 Å². The number of hydrogen-bond donors (Lipinski definition) is 4. The van der Waals surface area contributed by atoms with E-state index in [1.54, 1.807) is 26.1 Å². The van der Waals surface area contributed by atoms with E-state index >= 15 is 0 Å². The van der Waals surface area contributed by atoms with E-state index in [4.69, 9.17) is 4.74 Å². The molecular formula is C28H34FNO6. The molecule has 4 aliphatic rings. The van der Waals surface area contributed by atoms with Crippen LogP contribution in [-0.2, 0) is 9.53 Å². The summed E-state index contributed by atoms with van der Waals surface area (Å²) in [5.74, 6) is -2.78. The fourth-order valence-corrected chi connectivity index (χ4v) is 7.70. The lowest BCUT2D eigenvalue weighted by atomic mass is 9.59. The number of esters is 1. The first kappa shape index (κ1) is 25.1. The molecule has 0 radical (unpaired) electrons. The SMILES string of the molecule is CNc1cccc(F)c1C(=O)O[C@H]1C(C)=C[C@]23C(=O)[C@@H](C=C(CO)[C@@H](O)[C@]12O)C1[C@@H](C[C@H]3C)C1(C)C. The monoisotopic (exact) mass is 499 g/mol. The second-order valence-electron chi connectivity index (χ2n) is 11.6. The van der Waals surface area contributed by atoms with E-state index in [-0.39, 0.29) is 45.8 Å². The number of benzene rings is 1. The normalized spacial score (nSPS) is 40.2. The van der Waals surface area contributed by atoms with Crippen molar-refractivity contribution in [1.82, 2.24) is 0 Å². The third-order valence-corrected chi connectivity index (χ3v) is 9.61. The fraction of sp³-hybridized carbons (Fsp3) is 0.571. The Balaban J connectivity index is 1.64.